The van der Waals surface area contributed by atoms with Gasteiger partial charge in [-0.25, -0.2) is 4.68 Å². The number of aromatic nitrogens is 2. The first-order chi connectivity index (χ1) is 13.0. The minimum absolute atomic E-state index is 0.482. The van der Waals surface area contributed by atoms with Crippen molar-refractivity contribution < 1.29 is 4.74 Å². The van der Waals surface area contributed by atoms with Crippen molar-refractivity contribution in [3.05, 3.63) is 75.9 Å². The van der Waals surface area contributed by atoms with Crippen LogP contribution in [0.15, 0.2) is 54.6 Å². The van der Waals surface area contributed by atoms with Crippen LogP contribution in [0.2, 0.25) is 10.0 Å². The molecule has 1 aromatic heterocycles. The second kappa shape index (κ2) is 9.27. The van der Waals surface area contributed by atoms with Crippen LogP contribution in [0.3, 0.4) is 0 Å². The maximum atomic E-state index is 6.43. The van der Waals surface area contributed by atoms with Gasteiger partial charge in [-0.2, -0.15) is 0 Å². The van der Waals surface area contributed by atoms with E-state index in [1.54, 1.807) is 6.07 Å². The van der Waals surface area contributed by atoms with Crippen molar-refractivity contribution in [2.45, 2.75) is 12.8 Å². The number of halogens is 2. The van der Waals surface area contributed by atoms with Crippen LogP contribution in [0.4, 0.5) is 0 Å². The topological polar surface area (TPSA) is 30.3 Å². The van der Waals surface area contributed by atoms with E-state index in [0.717, 1.165) is 30.8 Å². The normalized spacial score (nSPS) is 11.1. The summed E-state index contributed by atoms with van der Waals surface area (Å²) >= 11 is 12.6. The number of benzene rings is 2. The number of rotatable bonds is 8. The van der Waals surface area contributed by atoms with Gasteiger partial charge < -0.3 is 9.64 Å². The molecule has 2 aromatic carbocycles. The predicted octanol–water partition coefficient (Wildman–Crippen LogP) is 5.10. The summed E-state index contributed by atoms with van der Waals surface area (Å²) in [7, 11) is 4.10. The van der Waals surface area contributed by atoms with Gasteiger partial charge in [0.05, 0.1) is 28.0 Å². The molecule has 6 heteroatoms. The molecule has 0 unspecified atom stereocenters. The molecule has 0 spiro atoms. The Morgan fingerprint density at radius 3 is 2.56 bits per heavy atom. The summed E-state index contributed by atoms with van der Waals surface area (Å²) in [6, 6.07) is 17.8. The van der Waals surface area contributed by atoms with Crippen LogP contribution >= 0.6 is 23.2 Å². The highest BCUT2D eigenvalue weighted by Crippen LogP contribution is 2.30. The molecule has 0 aliphatic heterocycles. The van der Waals surface area contributed by atoms with E-state index >= 15 is 0 Å². The van der Waals surface area contributed by atoms with Gasteiger partial charge in [0.2, 0.25) is 5.88 Å². The van der Waals surface area contributed by atoms with Gasteiger partial charge >= 0.3 is 0 Å². The van der Waals surface area contributed by atoms with Crippen molar-refractivity contribution in [1.82, 2.24) is 14.7 Å². The van der Waals surface area contributed by atoms with E-state index in [-0.39, 0.29) is 0 Å². The Balaban J connectivity index is 1.88. The molecule has 4 nitrogen and oxygen atoms in total. The van der Waals surface area contributed by atoms with Gasteiger partial charge in [0.15, 0.2) is 0 Å². The predicted molar refractivity (Wildman–Crippen MR) is 111 cm³/mol. The van der Waals surface area contributed by atoms with E-state index in [1.807, 2.05) is 55.2 Å². The van der Waals surface area contributed by atoms with Crippen molar-refractivity contribution >= 4 is 23.2 Å². The first kappa shape index (κ1) is 19.7. The Hall–Kier alpha value is -2.01. The highest BCUT2D eigenvalue weighted by Gasteiger charge is 2.15. The Kier molecular flexibility index (Phi) is 6.78. The summed E-state index contributed by atoms with van der Waals surface area (Å²) in [5.74, 6) is 0.593. The summed E-state index contributed by atoms with van der Waals surface area (Å²) in [5.41, 5.74) is 2.93. The molecule has 0 aliphatic rings. The molecule has 27 heavy (non-hydrogen) atoms. The zero-order chi connectivity index (χ0) is 19.2. The van der Waals surface area contributed by atoms with Crippen LogP contribution in [-0.2, 0) is 6.42 Å². The third-order valence-electron chi connectivity index (χ3n) is 4.15. The summed E-state index contributed by atoms with van der Waals surface area (Å²) in [6.45, 7) is 1.58. The monoisotopic (exact) mass is 403 g/mol. The minimum Gasteiger partial charge on any atom is -0.477 e. The lowest BCUT2D eigenvalue weighted by atomic mass is 10.1. The lowest BCUT2D eigenvalue weighted by Crippen LogP contribution is -2.15. The quantitative estimate of drug-likeness (QED) is 0.490. The van der Waals surface area contributed by atoms with Crippen LogP contribution in [0, 0.1) is 0 Å². The van der Waals surface area contributed by atoms with E-state index < -0.39 is 0 Å². The summed E-state index contributed by atoms with van der Waals surface area (Å²) in [6.07, 6.45) is 1.66. The van der Waals surface area contributed by atoms with E-state index in [0.29, 0.717) is 22.5 Å². The molecule has 1 heterocycles. The Morgan fingerprint density at radius 1 is 1.04 bits per heavy atom. The van der Waals surface area contributed by atoms with Crippen molar-refractivity contribution in [3.8, 4) is 11.6 Å². The van der Waals surface area contributed by atoms with Crippen LogP contribution in [-0.4, -0.2) is 41.9 Å². The highest BCUT2D eigenvalue weighted by molar-refractivity contribution is 6.43. The van der Waals surface area contributed by atoms with Gasteiger partial charge in [0, 0.05) is 19.0 Å². The van der Waals surface area contributed by atoms with E-state index in [1.165, 1.54) is 5.56 Å². The van der Waals surface area contributed by atoms with Crippen LogP contribution < -0.4 is 4.74 Å². The lowest BCUT2D eigenvalue weighted by Gasteiger charge is -2.10. The van der Waals surface area contributed by atoms with Gasteiger partial charge in [0.1, 0.15) is 0 Å². The van der Waals surface area contributed by atoms with Crippen molar-refractivity contribution in [3.63, 3.8) is 0 Å². The van der Waals surface area contributed by atoms with Gasteiger partial charge in [-0.15, -0.1) is 5.10 Å². The molecule has 0 saturated carbocycles. The van der Waals surface area contributed by atoms with Gasteiger partial charge in [0.25, 0.3) is 0 Å². The highest BCUT2D eigenvalue weighted by atomic mass is 35.5. The van der Waals surface area contributed by atoms with Crippen molar-refractivity contribution in [2.75, 3.05) is 27.2 Å². The SMILES string of the molecule is CN(C)CCCOc1cc(Cc2ccccc2)n(-c2cccc(Cl)c2Cl)n1. The average molecular weight is 404 g/mol. The number of ether oxygens (including phenoxy) is 1. The van der Waals surface area contributed by atoms with E-state index in [2.05, 4.69) is 22.1 Å². The van der Waals surface area contributed by atoms with Crippen LogP contribution in [0.25, 0.3) is 5.69 Å². The molecular formula is C21H23Cl2N3O. The van der Waals surface area contributed by atoms with Crippen molar-refractivity contribution in [2.24, 2.45) is 0 Å². The second-order valence-electron chi connectivity index (χ2n) is 6.63. The molecule has 0 amide bonds. The zero-order valence-corrected chi connectivity index (χ0v) is 17.0. The first-order valence-electron chi connectivity index (χ1n) is 8.89. The largest absolute Gasteiger partial charge is 0.477 e. The van der Waals surface area contributed by atoms with Crippen molar-refractivity contribution in [1.29, 1.82) is 0 Å². The maximum absolute atomic E-state index is 6.43. The fraction of sp³-hybridized carbons (Fsp3) is 0.286. The summed E-state index contributed by atoms with van der Waals surface area (Å²) in [5, 5.41) is 5.62. The molecule has 0 atom stereocenters. The fourth-order valence-electron chi connectivity index (χ4n) is 2.82. The number of nitrogens with zero attached hydrogens (tertiary/aromatic N) is 3. The van der Waals surface area contributed by atoms with Crippen LogP contribution in [0.5, 0.6) is 5.88 Å². The Labute approximate surface area is 170 Å². The first-order valence-corrected chi connectivity index (χ1v) is 9.65. The molecule has 0 N–H and O–H groups in total. The summed E-state index contributed by atoms with van der Waals surface area (Å²) < 4.78 is 7.69. The second-order valence-corrected chi connectivity index (χ2v) is 7.41. The third-order valence-corrected chi connectivity index (χ3v) is 4.96. The molecule has 142 valence electrons. The molecule has 3 aromatic rings. The molecule has 0 bridgehead atoms. The summed E-state index contributed by atoms with van der Waals surface area (Å²) in [4.78, 5) is 2.13. The molecule has 3 rings (SSSR count). The Bertz CT molecular complexity index is 878. The van der Waals surface area contributed by atoms with Gasteiger partial charge in [-0.1, -0.05) is 59.6 Å². The minimum atomic E-state index is 0.482. The van der Waals surface area contributed by atoms with Crippen LogP contribution in [0.1, 0.15) is 17.7 Å². The molecule has 0 aliphatic carbocycles. The maximum Gasteiger partial charge on any atom is 0.233 e. The molecular weight excluding hydrogens is 381 g/mol. The zero-order valence-electron chi connectivity index (χ0n) is 15.5. The van der Waals surface area contributed by atoms with E-state index in [9.17, 15) is 0 Å². The molecule has 0 fully saturated rings. The molecule has 0 radical (unpaired) electrons. The average Bonchev–Trinajstić information content (AvgIpc) is 3.04. The smallest absolute Gasteiger partial charge is 0.233 e. The fourth-order valence-corrected chi connectivity index (χ4v) is 3.19. The van der Waals surface area contributed by atoms with Gasteiger partial charge in [-0.3, -0.25) is 0 Å². The lowest BCUT2D eigenvalue weighted by molar-refractivity contribution is 0.272. The van der Waals surface area contributed by atoms with E-state index in [4.69, 9.17) is 27.9 Å². The third kappa shape index (κ3) is 5.25. The van der Waals surface area contributed by atoms with Gasteiger partial charge in [-0.05, 0) is 38.2 Å². The number of hydrogen-bond acceptors (Lipinski definition) is 3. The standard InChI is InChI=1S/C21H23Cl2N3O/c1-25(2)12-7-13-27-20-15-17(14-16-8-4-3-5-9-16)26(24-20)19-11-6-10-18(22)21(19)23/h3-6,8-11,15H,7,12-14H2,1-2H3. The number of hydrogen-bond donors (Lipinski definition) is 0. The molecule has 0 saturated heterocycles. The Morgan fingerprint density at radius 2 is 1.81 bits per heavy atom.